The molecule has 0 aromatic carbocycles. The maximum Gasteiger partial charge on any atom is 1.00 e. The third-order valence-corrected chi connectivity index (χ3v) is 5.57. The number of quaternary nitrogens is 2. The zero-order valence-corrected chi connectivity index (χ0v) is 24.7. The molecule has 0 saturated carbocycles. The number of aliphatic carboxylic acids is 1. The SMILES string of the molecule is C.C.C.C.C.C.C.C.CCC(CC(CC(C)(C)C(=O)NC[N+](C)(C)CC(O)C[N+](C)(C)C)C(=O)[O-])C(=O)OCCO.[Na+]. The summed E-state index contributed by atoms with van der Waals surface area (Å²) in [7, 11) is 9.80. The number of esters is 1. The minimum Gasteiger partial charge on any atom is -0.550 e. The maximum atomic E-state index is 12.9. The Morgan fingerprint density at radius 3 is 1.69 bits per heavy atom. The van der Waals surface area contributed by atoms with Crippen LogP contribution in [0.1, 0.15) is 99.4 Å². The molecule has 0 heterocycles. The smallest absolute Gasteiger partial charge is 0.550 e. The molecule has 42 heavy (non-hydrogen) atoms. The van der Waals surface area contributed by atoms with E-state index < -0.39 is 35.3 Å². The fourth-order valence-electron chi connectivity index (χ4n) is 3.86. The Morgan fingerprint density at radius 2 is 1.33 bits per heavy atom. The van der Waals surface area contributed by atoms with E-state index in [1.54, 1.807) is 20.8 Å². The summed E-state index contributed by atoms with van der Waals surface area (Å²) in [4.78, 5) is 36.8. The van der Waals surface area contributed by atoms with Crippen LogP contribution in [-0.4, -0.2) is 111 Å². The quantitative estimate of drug-likeness (QED) is 0.101. The van der Waals surface area contributed by atoms with Crippen LogP contribution in [0.5, 0.6) is 0 Å². The Morgan fingerprint density at radius 1 is 0.881 bits per heavy atom. The van der Waals surface area contributed by atoms with Crippen LogP contribution in [0.3, 0.4) is 0 Å². The van der Waals surface area contributed by atoms with E-state index in [4.69, 9.17) is 9.84 Å². The summed E-state index contributed by atoms with van der Waals surface area (Å²) in [5.74, 6) is -3.85. The van der Waals surface area contributed by atoms with E-state index in [1.807, 2.05) is 35.2 Å². The third-order valence-electron chi connectivity index (χ3n) is 5.57. The average Bonchev–Trinajstić information content (AvgIpc) is 2.64. The number of rotatable bonds is 16. The second-order valence-electron chi connectivity index (χ2n) is 11.2. The van der Waals surface area contributed by atoms with Gasteiger partial charge in [0, 0.05) is 17.3 Å². The molecule has 258 valence electrons. The number of hydrogen-bond acceptors (Lipinski definition) is 7. The zero-order valence-electron chi connectivity index (χ0n) is 22.7. The van der Waals surface area contributed by atoms with Gasteiger partial charge in [0.2, 0.25) is 5.91 Å². The van der Waals surface area contributed by atoms with Crippen LogP contribution >= 0.6 is 0 Å². The van der Waals surface area contributed by atoms with E-state index in [0.29, 0.717) is 28.5 Å². The molecule has 10 nitrogen and oxygen atoms in total. The van der Waals surface area contributed by atoms with E-state index >= 15 is 0 Å². The van der Waals surface area contributed by atoms with Gasteiger partial charge in [0.05, 0.1) is 47.8 Å². The Balaban J connectivity index is -0.000000142. The van der Waals surface area contributed by atoms with Crippen LogP contribution in [0.4, 0.5) is 0 Å². The molecule has 0 aromatic rings. The molecule has 3 unspecified atom stereocenters. The summed E-state index contributed by atoms with van der Waals surface area (Å²) in [6.07, 6.45) is -0.160. The van der Waals surface area contributed by atoms with Gasteiger partial charge in [0.1, 0.15) is 19.7 Å². The molecule has 0 saturated heterocycles. The van der Waals surface area contributed by atoms with Crippen molar-refractivity contribution in [3.05, 3.63) is 0 Å². The molecule has 0 bridgehead atoms. The molecule has 0 aliphatic rings. The Kier molecular flexibility index (Phi) is 49.3. The van der Waals surface area contributed by atoms with Crippen LogP contribution in [0, 0.1) is 17.3 Å². The van der Waals surface area contributed by atoms with Gasteiger partial charge in [-0.3, -0.25) is 9.59 Å². The second-order valence-corrected chi connectivity index (χ2v) is 11.2. The number of carboxylic acids is 1. The van der Waals surface area contributed by atoms with Crippen molar-refractivity contribution in [3.8, 4) is 0 Å². The first kappa shape index (κ1) is 68.4. The number of carboxylic acid groups (broad SMARTS) is 1. The number of likely N-dealkylation sites (N-methyl/N-ethyl adjacent to an activating group) is 2. The first-order valence-electron chi connectivity index (χ1n) is 11.5. The van der Waals surface area contributed by atoms with Crippen LogP contribution in [0.2, 0.25) is 0 Å². The van der Waals surface area contributed by atoms with E-state index in [2.05, 4.69) is 5.32 Å². The number of nitrogens with zero attached hydrogens (tertiary/aromatic N) is 2. The van der Waals surface area contributed by atoms with Gasteiger partial charge in [-0.25, -0.2) is 0 Å². The van der Waals surface area contributed by atoms with Crippen molar-refractivity contribution in [2.45, 2.75) is 106 Å². The molecule has 0 spiro atoms. The van der Waals surface area contributed by atoms with Crippen molar-refractivity contribution in [2.24, 2.45) is 17.3 Å². The number of carbonyl (C=O) groups excluding carboxylic acids is 3. The Bertz CT molecular complexity index is 655. The van der Waals surface area contributed by atoms with Gasteiger partial charge in [0.25, 0.3) is 0 Å². The summed E-state index contributed by atoms with van der Waals surface area (Å²) < 4.78 is 5.92. The van der Waals surface area contributed by atoms with Gasteiger partial charge < -0.3 is 39.1 Å². The van der Waals surface area contributed by atoms with E-state index in [0.717, 1.165) is 0 Å². The van der Waals surface area contributed by atoms with Gasteiger partial charge in [0.15, 0.2) is 12.8 Å². The standard InChI is InChI=1S/C23H45N3O7.8CH4.Na/c1-9-17(21(31)33-11-10-27)12-18(20(29)30)13-23(2,3)22(32)24-16-26(7,8)15-19(28)14-25(4,5)6;;;;;;;;;/h17-19,27-28H,9-16H2,1-8H3;8*1H4;/q;;;;;;;;;+1/p+1. The molecular weight excluding hydrogens is 549 g/mol. The minimum atomic E-state index is -1.32. The summed E-state index contributed by atoms with van der Waals surface area (Å²) in [5, 5.41) is 33.8. The molecule has 0 aliphatic heterocycles. The Hall–Kier alpha value is -0.750. The predicted octanol–water partition coefficient (Wildman–Crippen LogP) is 1.03. The van der Waals surface area contributed by atoms with Gasteiger partial charge >= 0.3 is 35.5 Å². The first-order valence-corrected chi connectivity index (χ1v) is 11.5. The van der Waals surface area contributed by atoms with Gasteiger partial charge in [-0.2, -0.15) is 0 Å². The Labute approximate surface area is 286 Å². The molecule has 11 heteroatoms. The van der Waals surface area contributed by atoms with Crippen molar-refractivity contribution in [2.75, 3.05) is 68.2 Å². The number of amides is 1. The minimum absolute atomic E-state index is 0. The van der Waals surface area contributed by atoms with Crippen LogP contribution < -0.4 is 40.0 Å². The zero-order chi connectivity index (χ0) is 26.0. The predicted molar refractivity (Wildman–Crippen MR) is 176 cm³/mol. The first-order chi connectivity index (χ1) is 14.9. The van der Waals surface area contributed by atoms with Crippen molar-refractivity contribution in [1.29, 1.82) is 0 Å². The van der Waals surface area contributed by atoms with Crippen LogP contribution in [0.25, 0.3) is 0 Å². The number of hydrogen-bond donors (Lipinski definition) is 3. The molecule has 0 fully saturated rings. The van der Waals surface area contributed by atoms with Crippen molar-refractivity contribution in [3.63, 3.8) is 0 Å². The van der Waals surface area contributed by atoms with Crippen molar-refractivity contribution in [1.82, 2.24) is 5.32 Å². The third kappa shape index (κ3) is 29.3. The molecular formula is C31H78N3NaO7+2. The summed E-state index contributed by atoms with van der Waals surface area (Å²) in [6.45, 7) is 5.93. The fraction of sp³-hybridized carbons (Fsp3) is 0.903. The molecule has 1 amide bonds. The van der Waals surface area contributed by atoms with Gasteiger partial charge in [-0.1, -0.05) is 80.2 Å². The summed E-state index contributed by atoms with van der Waals surface area (Å²) in [6, 6.07) is 0. The van der Waals surface area contributed by atoms with Crippen LogP contribution in [0.15, 0.2) is 0 Å². The largest absolute Gasteiger partial charge is 1.00 e. The van der Waals surface area contributed by atoms with Crippen molar-refractivity contribution >= 4 is 17.8 Å². The number of aliphatic hydroxyl groups excluding tert-OH is 2. The number of aliphatic hydroxyl groups is 2. The molecule has 0 rings (SSSR count). The molecule has 3 N–H and O–H groups in total. The topological polar surface area (TPSA) is 136 Å². The van der Waals surface area contributed by atoms with E-state index in [9.17, 15) is 24.6 Å². The maximum absolute atomic E-state index is 12.9. The number of ether oxygens (including phenoxy) is 1. The van der Waals surface area contributed by atoms with E-state index in [-0.39, 0.29) is 128 Å². The van der Waals surface area contributed by atoms with Gasteiger partial charge in [-0.15, -0.1) is 0 Å². The number of nitrogens with one attached hydrogen (secondary N) is 1. The molecule has 0 radical (unpaired) electrons. The molecule has 0 aromatic heterocycles. The van der Waals surface area contributed by atoms with Crippen LogP contribution in [-0.2, 0) is 19.1 Å². The summed E-state index contributed by atoms with van der Waals surface area (Å²) >= 11 is 0. The fourth-order valence-corrected chi connectivity index (χ4v) is 3.86. The van der Waals surface area contributed by atoms with Crippen molar-refractivity contribution < 1.29 is 73.0 Å². The number of carbonyl (C=O) groups is 3. The average molecular weight is 628 g/mol. The molecule has 3 atom stereocenters. The second kappa shape index (κ2) is 30.3. The van der Waals surface area contributed by atoms with Gasteiger partial charge in [-0.05, 0) is 19.3 Å². The monoisotopic (exact) mass is 628 g/mol. The molecule has 0 aliphatic carbocycles. The van der Waals surface area contributed by atoms with E-state index in [1.165, 1.54) is 0 Å². The summed E-state index contributed by atoms with van der Waals surface area (Å²) in [5.41, 5.74) is -1.01. The normalized spacial score (nSPS) is 12.1.